The van der Waals surface area contributed by atoms with Gasteiger partial charge in [-0.25, -0.2) is 0 Å². The van der Waals surface area contributed by atoms with Gasteiger partial charge in [-0.15, -0.1) is 0 Å². The van der Waals surface area contributed by atoms with Crippen LogP contribution in [0.25, 0.3) is 0 Å². The van der Waals surface area contributed by atoms with Crippen LogP contribution < -0.4 is 0 Å². The SMILES string of the molecule is C[C@@H]1CN(C(=O)c2cnc3c(c2)CCCC3)CC[C@]1(C)O. The Morgan fingerprint density at radius 1 is 1.43 bits per heavy atom. The van der Waals surface area contributed by atoms with E-state index in [2.05, 4.69) is 4.98 Å². The van der Waals surface area contributed by atoms with Gasteiger partial charge in [0.15, 0.2) is 0 Å². The molecule has 0 saturated carbocycles. The topological polar surface area (TPSA) is 53.4 Å². The summed E-state index contributed by atoms with van der Waals surface area (Å²) in [6, 6.07) is 2.03. The van der Waals surface area contributed by atoms with Crippen LogP contribution in [0.5, 0.6) is 0 Å². The molecule has 1 aromatic heterocycles. The van der Waals surface area contributed by atoms with Crippen LogP contribution in [0.3, 0.4) is 0 Å². The van der Waals surface area contributed by atoms with Crippen molar-refractivity contribution in [2.45, 2.75) is 51.6 Å². The average Bonchev–Trinajstić information content (AvgIpc) is 2.49. The summed E-state index contributed by atoms with van der Waals surface area (Å²) in [4.78, 5) is 19.0. The van der Waals surface area contributed by atoms with Gasteiger partial charge in [0, 0.05) is 30.9 Å². The van der Waals surface area contributed by atoms with Crippen molar-refractivity contribution in [1.82, 2.24) is 9.88 Å². The number of likely N-dealkylation sites (tertiary alicyclic amines) is 1. The van der Waals surface area contributed by atoms with Crippen LogP contribution >= 0.6 is 0 Å². The predicted octanol–water partition coefficient (Wildman–Crippen LogP) is 2.19. The zero-order valence-corrected chi connectivity index (χ0v) is 12.9. The van der Waals surface area contributed by atoms with E-state index in [0.717, 1.165) is 18.5 Å². The van der Waals surface area contributed by atoms with Crippen molar-refractivity contribution in [3.05, 3.63) is 29.1 Å². The molecule has 114 valence electrons. The van der Waals surface area contributed by atoms with Crippen LogP contribution in [-0.2, 0) is 12.8 Å². The fourth-order valence-electron chi connectivity index (χ4n) is 3.30. The van der Waals surface area contributed by atoms with Gasteiger partial charge < -0.3 is 10.0 Å². The van der Waals surface area contributed by atoms with E-state index in [1.165, 1.54) is 18.4 Å². The largest absolute Gasteiger partial charge is 0.390 e. The number of carbonyl (C=O) groups excluding carboxylic acids is 1. The second-order valence-electron chi connectivity index (χ2n) is 6.80. The number of carbonyl (C=O) groups is 1. The molecule has 0 aromatic carbocycles. The van der Waals surface area contributed by atoms with Gasteiger partial charge in [0.1, 0.15) is 0 Å². The highest BCUT2D eigenvalue weighted by Crippen LogP contribution is 2.28. The van der Waals surface area contributed by atoms with Gasteiger partial charge in [0.05, 0.1) is 11.2 Å². The molecule has 2 atom stereocenters. The molecule has 0 unspecified atom stereocenters. The summed E-state index contributed by atoms with van der Waals surface area (Å²) < 4.78 is 0. The van der Waals surface area contributed by atoms with E-state index >= 15 is 0 Å². The molecule has 0 radical (unpaired) electrons. The van der Waals surface area contributed by atoms with Crippen molar-refractivity contribution in [3.8, 4) is 0 Å². The molecule has 1 saturated heterocycles. The number of rotatable bonds is 1. The molecule has 0 bridgehead atoms. The minimum Gasteiger partial charge on any atom is -0.390 e. The Hall–Kier alpha value is -1.42. The fraction of sp³-hybridized carbons (Fsp3) is 0.647. The number of aryl methyl sites for hydroxylation is 2. The number of hydrogen-bond acceptors (Lipinski definition) is 3. The maximum Gasteiger partial charge on any atom is 0.255 e. The standard InChI is InChI=1S/C17H24N2O2/c1-12-11-19(8-7-17(12,2)21)16(20)14-9-13-5-3-4-6-15(13)18-10-14/h9-10,12,21H,3-8,11H2,1-2H3/t12-,17+/m1/s1. The molecule has 4 nitrogen and oxygen atoms in total. The first kappa shape index (κ1) is 14.5. The smallest absolute Gasteiger partial charge is 0.255 e. The molecule has 1 aliphatic carbocycles. The van der Waals surface area contributed by atoms with Gasteiger partial charge in [-0.1, -0.05) is 6.92 Å². The maximum atomic E-state index is 12.6. The number of hydrogen-bond donors (Lipinski definition) is 1. The average molecular weight is 288 g/mol. The molecule has 2 heterocycles. The molecule has 3 rings (SSSR count). The summed E-state index contributed by atoms with van der Waals surface area (Å²) in [7, 11) is 0. The molecule has 21 heavy (non-hydrogen) atoms. The predicted molar refractivity (Wildman–Crippen MR) is 81.2 cm³/mol. The summed E-state index contributed by atoms with van der Waals surface area (Å²) in [6.45, 7) is 5.10. The molecule has 1 N–H and O–H groups in total. The lowest BCUT2D eigenvalue weighted by molar-refractivity contribution is -0.0439. The Bertz CT molecular complexity index is 554. The molecule has 0 spiro atoms. The van der Waals surface area contributed by atoms with E-state index < -0.39 is 5.60 Å². The Balaban J connectivity index is 1.77. The third-order valence-electron chi connectivity index (χ3n) is 5.15. The zero-order valence-electron chi connectivity index (χ0n) is 12.9. The van der Waals surface area contributed by atoms with Crippen LogP contribution in [0.4, 0.5) is 0 Å². The number of aromatic nitrogens is 1. The minimum atomic E-state index is -0.662. The highest BCUT2D eigenvalue weighted by Gasteiger charge is 2.36. The fourth-order valence-corrected chi connectivity index (χ4v) is 3.30. The molecule has 2 aliphatic rings. The van der Waals surface area contributed by atoms with Gasteiger partial charge in [-0.05, 0) is 50.7 Å². The van der Waals surface area contributed by atoms with E-state index in [4.69, 9.17) is 0 Å². The van der Waals surface area contributed by atoms with Gasteiger partial charge in [-0.3, -0.25) is 9.78 Å². The molecule has 1 aliphatic heterocycles. The van der Waals surface area contributed by atoms with Gasteiger partial charge >= 0.3 is 0 Å². The second-order valence-corrected chi connectivity index (χ2v) is 6.80. The summed E-state index contributed by atoms with van der Waals surface area (Å²) in [6.07, 6.45) is 6.83. The summed E-state index contributed by atoms with van der Waals surface area (Å²) in [5.41, 5.74) is 2.44. The number of fused-ring (bicyclic) bond motifs is 1. The number of piperidine rings is 1. The van der Waals surface area contributed by atoms with Crippen molar-refractivity contribution in [3.63, 3.8) is 0 Å². The quantitative estimate of drug-likeness (QED) is 0.862. The summed E-state index contributed by atoms with van der Waals surface area (Å²) >= 11 is 0. The highest BCUT2D eigenvalue weighted by molar-refractivity contribution is 5.94. The van der Waals surface area contributed by atoms with Crippen molar-refractivity contribution in [1.29, 1.82) is 0 Å². The van der Waals surface area contributed by atoms with Crippen LogP contribution in [0.1, 0.15) is 54.7 Å². The first-order valence-electron chi connectivity index (χ1n) is 7.97. The molecule has 4 heteroatoms. The third-order valence-corrected chi connectivity index (χ3v) is 5.15. The normalized spacial score (nSPS) is 29.1. The maximum absolute atomic E-state index is 12.6. The second kappa shape index (κ2) is 5.41. The van der Waals surface area contributed by atoms with Gasteiger partial charge in [0.25, 0.3) is 5.91 Å². The van der Waals surface area contributed by atoms with Crippen LogP contribution in [0.15, 0.2) is 12.3 Å². The van der Waals surface area contributed by atoms with E-state index in [1.807, 2.05) is 24.8 Å². The lowest BCUT2D eigenvalue weighted by Crippen LogP contribution is -2.50. The van der Waals surface area contributed by atoms with E-state index in [9.17, 15) is 9.90 Å². The van der Waals surface area contributed by atoms with Crippen molar-refractivity contribution in [2.24, 2.45) is 5.92 Å². The van der Waals surface area contributed by atoms with Crippen molar-refractivity contribution < 1.29 is 9.90 Å². The Morgan fingerprint density at radius 2 is 2.19 bits per heavy atom. The van der Waals surface area contributed by atoms with Gasteiger partial charge in [0.2, 0.25) is 0 Å². The first-order chi connectivity index (χ1) is 9.97. The summed E-state index contributed by atoms with van der Waals surface area (Å²) in [5, 5.41) is 10.2. The van der Waals surface area contributed by atoms with E-state index in [0.29, 0.717) is 25.1 Å². The Labute approximate surface area is 126 Å². The lowest BCUT2D eigenvalue weighted by Gasteiger charge is -2.41. The minimum absolute atomic E-state index is 0.0539. The number of aliphatic hydroxyl groups is 1. The van der Waals surface area contributed by atoms with Gasteiger partial charge in [-0.2, -0.15) is 0 Å². The molecule has 1 fully saturated rings. The third kappa shape index (κ3) is 2.82. The monoisotopic (exact) mass is 288 g/mol. The zero-order chi connectivity index (χ0) is 15.0. The van der Waals surface area contributed by atoms with Crippen LogP contribution in [0, 0.1) is 5.92 Å². The Morgan fingerprint density at radius 3 is 2.95 bits per heavy atom. The molecular weight excluding hydrogens is 264 g/mol. The summed E-state index contributed by atoms with van der Waals surface area (Å²) in [5.74, 6) is 0.152. The highest BCUT2D eigenvalue weighted by atomic mass is 16.3. The van der Waals surface area contributed by atoms with Crippen LogP contribution in [0.2, 0.25) is 0 Å². The number of amides is 1. The molecular formula is C17H24N2O2. The van der Waals surface area contributed by atoms with Crippen molar-refractivity contribution >= 4 is 5.91 Å². The molecule has 1 aromatic rings. The van der Waals surface area contributed by atoms with Crippen molar-refractivity contribution in [2.75, 3.05) is 13.1 Å². The number of pyridine rings is 1. The number of nitrogens with zero attached hydrogens (tertiary/aromatic N) is 2. The van der Waals surface area contributed by atoms with E-state index in [-0.39, 0.29) is 11.8 Å². The van der Waals surface area contributed by atoms with E-state index in [1.54, 1.807) is 6.20 Å². The Kier molecular flexibility index (Phi) is 3.74. The molecule has 1 amide bonds. The van der Waals surface area contributed by atoms with Crippen LogP contribution in [-0.4, -0.2) is 39.6 Å². The first-order valence-corrected chi connectivity index (χ1v) is 7.97. The lowest BCUT2D eigenvalue weighted by atomic mass is 9.83.